The molecule has 4 heteroatoms. The molecule has 1 heterocycles. The first-order valence-electron chi connectivity index (χ1n) is 5.57. The van der Waals surface area contributed by atoms with Crippen LogP contribution in [0.15, 0.2) is 60.8 Å². The van der Waals surface area contributed by atoms with Crippen LogP contribution in [-0.2, 0) is 0 Å². The zero-order chi connectivity index (χ0) is 12.4. The molecule has 18 heavy (non-hydrogen) atoms. The molecule has 0 aliphatic carbocycles. The average molecular weight is 347 g/mol. The van der Waals surface area contributed by atoms with Crippen molar-refractivity contribution < 1.29 is 0 Å². The minimum Gasteiger partial charge on any atom is -0.219 e. The molecule has 3 rings (SSSR count). The molecule has 88 valence electrons. The van der Waals surface area contributed by atoms with Gasteiger partial charge in [0.15, 0.2) is 0 Å². The lowest BCUT2D eigenvalue weighted by Crippen LogP contribution is -1.96. The van der Waals surface area contributed by atoms with Crippen molar-refractivity contribution >= 4 is 22.6 Å². The Morgan fingerprint density at radius 1 is 0.889 bits per heavy atom. The van der Waals surface area contributed by atoms with E-state index in [1.54, 1.807) is 0 Å². The van der Waals surface area contributed by atoms with Crippen molar-refractivity contribution in [3.8, 4) is 16.9 Å². The third-order valence-electron chi connectivity index (χ3n) is 2.66. The van der Waals surface area contributed by atoms with Crippen molar-refractivity contribution in [1.29, 1.82) is 0 Å². The molecule has 0 saturated carbocycles. The number of para-hydroxylation sites is 1. The summed E-state index contributed by atoms with van der Waals surface area (Å²) in [5, 5.41) is 8.40. The lowest BCUT2D eigenvalue weighted by Gasteiger charge is -2.01. The van der Waals surface area contributed by atoms with E-state index in [1.165, 1.54) is 0 Å². The number of aromatic nitrogens is 3. The first kappa shape index (κ1) is 11.4. The summed E-state index contributed by atoms with van der Waals surface area (Å²) in [6.45, 7) is 0. The van der Waals surface area contributed by atoms with E-state index in [0.717, 1.165) is 20.5 Å². The molecule has 0 amide bonds. The Bertz CT molecular complexity index is 662. The second kappa shape index (κ2) is 4.89. The quantitative estimate of drug-likeness (QED) is 0.664. The molecular weight excluding hydrogens is 337 g/mol. The van der Waals surface area contributed by atoms with Crippen molar-refractivity contribution in [3.63, 3.8) is 0 Å². The van der Waals surface area contributed by atoms with Gasteiger partial charge in [0, 0.05) is 9.13 Å². The zero-order valence-corrected chi connectivity index (χ0v) is 11.7. The number of nitrogens with zero attached hydrogens (tertiary/aromatic N) is 3. The molecule has 1 aromatic heterocycles. The molecule has 0 radical (unpaired) electrons. The monoisotopic (exact) mass is 347 g/mol. The highest BCUT2D eigenvalue weighted by atomic mass is 127. The minimum absolute atomic E-state index is 0.884. The Balaban J connectivity index is 2.03. The number of hydrogen-bond donors (Lipinski definition) is 0. The summed E-state index contributed by atoms with van der Waals surface area (Å²) in [5.41, 5.74) is 3.01. The Kier molecular flexibility index (Phi) is 3.10. The summed E-state index contributed by atoms with van der Waals surface area (Å²) in [6.07, 6.45) is 1.95. The Morgan fingerprint density at radius 3 is 2.39 bits per heavy atom. The fourth-order valence-electron chi connectivity index (χ4n) is 1.76. The lowest BCUT2D eigenvalue weighted by molar-refractivity contribution is 0.800. The molecule has 2 aromatic carbocycles. The van der Waals surface area contributed by atoms with Crippen LogP contribution in [0.4, 0.5) is 0 Å². The molecule has 0 N–H and O–H groups in total. The van der Waals surface area contributed by atoms with Gasteiger partial charge in [-0.1, -0.05) is 47.7 Å². The predicted octanol–water partition coefficient (Wildman–Crippen LogP) is 3.54. The van der Waals surface area contributed by atoms with Crippen LogP contribution in [-0.4, -0.2) is 15.0 Å². The number of halogens is 1. The highest BCUT2D eigenvalue weighted by molar-refractivity contribution is 14.1. The topological polar surface area (TPSA) is 30.7 Å². The van der Waals surface area contributed by atoms with E-state index in [4.69, 9.17) is 0 Å². The van der Waals surface area contributed by atoms with Crippen molar-refractivity contribution in [2.45, 2.75) is 0 Å². The fraction of sp³-hybridized carbons (Fsp3) is 0. The average Bonchev–Trinajstić information content (AvgIpc) is 2.90. The summed E-state index contributed by atoms with van der Waals surface area (Å²) in [4.78, 5) is 0. The molecule has 0 aliphatic rings. The Labute approximate surface area is 119 Å². The molecule has 0 bridgehead atoms. The highest BCUT2D eigenvalue weighted by Crippen LogP contribution is 2.19. The summed E-state index contributed by atoms with van der Waals surface area (Å²) in [5.74, 6) is 0. The second-order valence-corrected chi connectivity index (χ2v) is 5.03. The maximum Gasteiger partial charge on any atom is 0.113 e. The lowest BCUT2D eigenvalue weighted by atomic mass is 10.2. The summed E-state index contributed by atoms with van der Waals surface area (Å²) >= 11 is 2.30. The predicted molar refractivity (Wildman–Crippen MR) is 79.5 cm³/mol. The van der Waals surface area contributed by atoms with Gasteiger partial charge in [-0.3, -0.25) is 0 Å². The van der Waals surface area contributed by atoms with Gasteiger partial charge in [0.1, 0.15) is 5.69 Å². The van der Waals surface area contributed by atoms with Gasteiger partial charge in [0.25, 0.3) is 0 Å². The first-order chi connectivity index (χ1) is 8.84. The summed E-state index contributed by atoms with van der Waals surface area (Å²) < 4.78 is 2.96. The third-order valence-corrected chi connectivity index (χ3v) is 3.57. The third kappa shape index (κ3) is 2.15. The molecule has 3 nitrogen and oxygen atoms in total. The van der Waals surface area contributed by atoms with Crippen molar-refractivity contribution in [2.75, 3.05) is 0 Å². The van der Waals surface area contributed by atoms with E-state index in [2.05, 4.69) is 39.0 Å². The summed E-state index contributed by atoms with van der Waals surface area (Å²) in [7, 11) is 0. The molecule has 0 unspecified atom stereocenters. The van der Waals surface area contributed by atoms with Gasteiger partial charge in [0.05, 0.1) is 11.9 Å². The maximum absolute atomic E-state index is 4.21. The minimum atomic E-state index is 0.884. The standard InChI is InChI=1S/C14H10IN3/c15-12-8-4-5-9-14(12)18-10-13(16-17-18)11-6-2-1-3-7-11/h1-10H. The highest BCUT2D eigenvalue weighted by Gasteiger charge is 2.06. The van der Waals surface area contributed by atoms with Crippen LogP contribution in [0, 0.1) is 3.57 Å². The number of rotatable bonds is 2. The Hall–Kier alpha value is -1.69. The van der Waals surface area contributed by atoms with Crippen molar-refractivity contribution in [2.24, 2.45) is 0 Å². The largest absolute Gasteiger partial charge is 0.219 e. The molecule has 0 aliphatic heterocycles. The molecule has 0 spiro atoms. The van der Waals surface area contributed by atoms with Gasteiger partial charge < -0.3 is 0 Å². The maximum atomic E-state index is 4.21. The SMILES string of the molecule is Ic1ccccc1-n1cc(-c2ccccc2)nn1. The summed E-state index contributed by atoms with van der Waals surface area (Å²) in [6, 6.07) is 18.2. The molecule has 3 aromatic rings. The van der Waals surface area contributed by atoms with E-state index in [-0.39, 0.29) is 0 Å². The van der Waals surface area contributed by atoms with E-state index in [9.17, 15) is 0 Å². The smallest absolute Gasteiger partial charge is 0.113 e. The van der Waals surface area contributed by atoms with Gasteiger partial charge in [-0.15, -0.1) is 5.10 Å². The van der Waals surface area contributed by atoms with Crippen LogP contribution >= 0.6 is 22.6 Å². The molecular formula is C14H10IN3. The normalized spacial score (nSPS) is 10.5. The van der Waals surface area contributed by atoms with Gasteiger partial charge in [-0.25, -0.2) is 4.68 Å². The van der Waals surface area contributed by atoms with Crippen LogP contribution < -0.4 is 0 Å². The Morgan fingerprint density at radius 2 is 1.61 bits per heavy atom. The van der Waals surface area contributed by atoms with E-state index >= 15 is 0 Å². The van der Waals surface area contributed by atoms with Crippen LogP contribution in [0.1, 0.15) is 0 Å². The number of benzene rings is 2. The van der Waals surface area contributed by atoms with Gasteiger partial charge in [0.2, 0.25) is 0 Å². The van der Waals surface area contributed by atoms with Crippen LogP contribution in [0.25, 0.3) is 16.9 Å². The molecule has 0 fully saturated rings. The second-order valence-electron chi connectivity index (χ2n) is 3.87. The van der Waals surface area contributed by atoms with E-state index < -0.39 is 0 Å². The van der Waals surface area contributed by atoms with Crippen LogP contribution in [0.3, 0.4) is 0 Å². The van der Waals surface area contributed by atoms with Gasteiger partial charge >= 0.3 is 0 Å². The van der Waals surface area contributed by atoms with E-state index in [0.29, 0.717) is 0 Å². The van der Waals surface area contributed by atoms with Crippen LogP contribution in [0.5, 0.6) is 0 Å². The van der Waals surface area contributed by atoms with Crippen molar-refractivity contribution in [1.82, 2.24) is 15.0 Å². The zero-order valence-electron chi connectivity index (χ0n) is 9.49. The van der Waals surface area contributed by atoms with E-state index in [1.807, 2.05) is 59.4 Å². The first-order valence-corrected chi connectivity index (χ1v) is 6.65. The molecule has 0 saturated heterocycles. The van der Waals surface area contributed by atoms with Crippen molar-refractivity contribution in [3.05, 3.63) is 64.4 Å². The molecule has 0 atom stereocenters. The van der Waals surface area contributed by atoms with Gasteiger partial charge in [-0.05, 0) is 34.7 Å². The van der Waals surface area contributed by atoms with Gasteiger partial charge in [-0.2, -0.15) is 0 Å². The number of hydrogen-bond acceptors (Lipinski definition) is 2. The van der Waals surface area contributed by atoms with Crippen LogP contribution in [0.2, 0.25) is 0 Å². The fourth-order valence-corrected chi connectivity index (χ4v) is 2.39.